The summed E-state index contributed by atoms with van der Waals surface area (Å²) in [5.41, 5.74) is 0. The molecule has 0 bridgehead atoms. The Morgan fingerprint density at radius 3 is 2.33 bits per heavy atom. The van der Waals surface area contributed by atoms with E-state index in [0.29, 0.717) is 18.0 Å². The molecule has 1 saturated heterocycles. The van der Waals surface area contributed by atoms with Crippen LogP contribution in [0.2, 0.25) is 0 Å². The Labute approximate surface area is 152 Å². The van der Waals surface area contributed by atoms with Crippen molar-refractivity contribution in [1.29, 1.82) is 0 Å². The molecule has 3 rings (SSSR count). The van der Waals surface area contributed by atoms with Gasteiger partial charge in [-0.3, -0.25) is 4.90 Å². The van der Waals surface area contributed by atoms with Gasteiger partial charge in [-0.15, -0.1) is 17.5 Å². The largest absolute Gasteiger partial charge is 0.301 e. The summed E-state index contributed by atoms with van der Waals surface area (Å²) in [5, 5.41) is 12.9. The van der Waals surface area contributed by atoms with Crippen LogP contribution in [-0.4, -0.2) is 62.7 Å². The normalized spacial score (nSPS) is 22.0. The standard InChI is InChI=1S/C17H32N6.ClH/c1-4-21-9-11-22(12-10-21)16(13-14(2)3)17-18-19-20-23(17)15-7-5-6-8-15;/h14-16H,4-13H2,1-3H3;1H. The highest BCUT2D eigenvalue weighted by molar-refractivity contribution is 5.85. The monoisotopic (exact) mass is 356 g/mol. The first-order valence-electron chi connectivity index (χ1n) is 9.43. The first kappa shape index (κ1) is 19.6. The van der Waals surface area contributed by atoms with E-state index >= 15 is 0 Å². The summed E-state index contributed by atoms with van der Waals surface area (Å²) >= 11 is 0. The van der Waals surface area contributed by atoms with Gasteiger partial charge in [-0.1, -0.05) is 33.6 Å². The van der Waals surface area contributed by atoms with Crippen LogP contribution in [0, 0.1) is 5.92 Å². The Hall–Kier alpha value is -0.720. The van der Waals surface area contributed by atoms with Crippen LogP contribution >= 0.6 is 12.4 Å². The molecule has 0 aromatic carbocycles. The number of hydrogen-bond donors (Lipinski definition) is 0. The molecule has 1 unspecified atom stereocenters. The Morgan fingerprint density at radius 2 is 1.75 bits per heavy atom. The molecule has 0 spiro atoms. The van der Waals surface area contributed by atoms with Crippen molar-refractivity contribution in [3.63, 3.8) is 0 Å². The highest BCUT2D eigenvalue weighted by atomic mass is 35.5. The zero-order chi connectivity index (χ0) is 16.2. The molecule has 1 saturated carbocycles. The average molecular weight is 357 g/mol. The van der Waals surface area contributed by atoms with Gasteiger partial charge in [0.25, 0.3) is 0 Å². The first-order valence-corrected chi connectivity index (χ1v) is 9.43. The van der Waals surface area contributed by atoms with Gasteiger partial charge in [0.15, 0.2) is 5.82 Å². The molecule has 7 heteroatoms. The number of hydrogen-bond acceptors (Lipinski definition) is 5. The molecule has 1 aliphatic heterocycles. The molecule has 1 aromatic heterocycles. The van der Waals surface area contributed by atoms with Crippen LogP contribution in [0.15, 0.2) is 0 Å². The zero-order valence-corrected chi connectivity index (χ0v) is 16.2. The fourth-order valence-electron chi connectivity index (χ4n) is 4.08. The van der Waals surface area contributed by atoms with Gasteiger partial charge in [-0.25, -0.2) is 4.68 Å². The van der Waals surface area contributed by atoms with Gasteiger partial charge in [0.2, 0.25) is 0 Å². The Bertz CT molecular complexity index is 477. The van der Waals surface area contributed by atoms with Gasteiger partial charge in [-0.05, 0) is 42.2 Å². The highest BCUT2D eigenvalue weighted by Gasteiger charge is 2.31. The number of likely N-dealkylation sites (N-methyl/N-ethyl adjacent to an activating group) is 1. The van der Waals surface area contributed by atoms with Crippen molar-refractivity contribution in [3.05, 3.63) is 5.82 Å². The van der Waals surface area contributed by atoms with Crippen LogP contribution in [0.4, 0.5) is 0 Å². The maximum Gasteiger partial charge on any atom is 0.168 e. The lowest BCUT2D eigenvalue weighted by Crippen LogP contribution is -2.48. The molecule has 6 nitrogen and oxygen atoms in total. The van der Waals surface area contributed by atoms with Crippen LogP contribution in [0.25, 0.3) is 0 Å². The molecule has 2 aliphatic rings. The van der Waals surface area contributed by atoms with Crippen molar-refractivity contribution in [2.75, 3.05) is 32.7 Å². The van der Waals surface area contributed by atoms with E-state index < -0.39 is 0 Å². The van der Waals surface area contributed by atoms with E-state index in [4.69, 9.17) is 0 Å². The highest BCUT2D eigenvalue weighted by Crippen LogP contribution is 2.33. The summed E-state index contributed by atoms with van der Waals surface area (Å²) in [6, 6.07) is 0.885. The lowest BCUT2D eigenvalue weighted by molar-refractivity contribution is 0.0823. The Kier molecular flexibility index (Phi) is 7.44. The predicted octanol–water partition coefficient (Wildman–Crippen LogP) is 2.93. The van der Waals surface area contributed by atoms with Crippen LogP contribution < -0.4 is 0 Å². The van der Waals surface area contributed by atoms with Gasteiger partial charge >= 0.3 is 0 Å². The zero-order valence-electron chi connectivity index (χ0n) is 15.4. The lowest BCUT2D eigenvalue weighted by atomic mass is 10.0. The summed E-state index contributed by atoms with van der Waals surface area (Å²) in [6.07, 6.45) is 6.23. The summed E-state index contributed by atoms with van der Waals surface area (Å²) in [7, 11) is 0. The number of nitrogens with zero attached hydrogens (tertiary/aromatic N) is 6. The van der Waals surface area contributed by atoms with E-state index in [9.17, 15) is 0 Å². The molecule has 0 N–H and O–H groups in total. The van der Waals surface area contributed by atoms with Crippen LogP contribution in [-0.2, 0) is 0 Å². The minimum atomic E-state index is 0. The molecule has 1 atom stereocenters. The molecule has 1 aromatic rings. The van der Waals surface area contributed by atoms with E-state index in [0.717, 1.165) is 45.0 Å². The SMILES string of the molecule is CCN1CCN(C(CC(C)C)c2nnnn2C2CCCC2)CC1.Cl. The first-order chi connectivity index (χ1) is 11.2. The molecule has 1 aliphatic carbocycles. The van der Waals surface area contributed by atoms with Crippen LogP contribution in [0.3, 0.4) is 0 Å². The van der Waals surface area contributed by atoms with Crippen LogP contribution in [0.5, 0.6) is 0 Å². The molecule has 0 radical (unpaired) electrons. The van der Waals surface area contributed by atoms with Crippen molar-refractivity contribution in [3.8, 4) is 0 Å². The third-order valence-electron chi connectivity index (χ3n) is 5.48. The topological polar surface area (TPSA) is 50.1 Å². The summed E-state index contributed by atoms with van der Waals surface area (Å²) in [5.74, 6) is 1.76. The van der Waals surface area contributed by atoms with Crippen molar-refractivity contribution in [2.45, 2.75) is 65.0 Å². The van der Waals surface area contributed by atoms with E-state index in [1.54, 1.807) is 0 Å². The predicted molar refractivity (Wildman–Crippen MR) is 98.5 cm³/mol. The van der Waals surface area contributed by atoms with Crippen LogP contribution in [0.1, 0.15) is 70.8 Å². The lowest BCUT2D eigenvalue weighted by Gasteiger charge is -2.39. The quantitative estimate of drug-likeness (QED) is 0.784. The molecular weight excluding hydrogens is 324 g/mol. The second kappa shape index (κ2) is 9.11. The minimum absolute atomic E-state index is 0. The smallest absolute Gasteiger partial charge is 0.168 e. The van der Waals surface area contributed by atoms with Crippen molar-refractivity contribution in [1.82, 2.24) is 30.0 Å². The number of tetrazole rings is 1. The number of rotatable bonds is 6. The van der Waals surface area contributed by atoms with Gasteiger partial charge in [-0.2, -0.15) is 0 Å². The van der Waals surface area contributed by atoms with Gasteiger partial charge in [0.05, 0.1) is 12.1 Å². The van der Waals surface area contributed by atoms with E-state index in [-0.39, 0.29) is 12.4 Å². The third-order valence-corrected chi connectivity index (χ3v) is 5.48. The van der Waals surface area contributed by atoms with Crippen molar-refractivity contribution < 1.29 is 0 Å². The molecule has 138 valence electrons. The van der Waals surface area contributed by atoms with E-state index in [2.05, 4.69) is 50.8 Å². The molecule has 2 fully saturated rings. The molecule has 2 heterocycles. The number of piperazine rings is 1. The minimum Gasteiger partial charge on any atom is -0.301 e. The van der Waals surface area contributed by atoms with Gasteiger partial charge in [0.1, 0.15) is 0 Å². The Morgan fingerprint density at radius 1 is 1.08 bits per heavy atom. The number of halogens is 1. The van der Waals surface area contributed by atoms with E-state index in [1.165, 1.54) is 25.7 Å². The summed E-state index contributed by atoms with van der Waals surface area (Å²) in [4.78, 5) is 5.15. The maximum absolute atomic E-state index is 4.48. The van der Waals surface area contributed by atoms with E-state index in [1.807, 2.05) is 0 Å². The van der Waals surface area contributed by atoms with Crippen molar-refractivity contribution >= 4 is 12.4 Å². The third kappa shape index (κ3) is 4.46. The Balaban J connectivity index is 0.00000208. The second-order valence-corrected chi connectivity index (χ2v) is 7.54. The fourth-order valence-corrected chi connectivity index (χ4v) is 4.08. The summed E-state index contributed by atoms with van der Waals surface area (Å²) in [6.45, 7) is 12.6. The molecule has 24 heavy (non-hydrogen) atoms. The molecule has 0 amide bonds. The number of aromatic nitrogens is 4. The van der Waals surface area contributed by atoms with Gasteiger partial charge < -0.3 is 4.90 Å². The summed E-state index contributed by atoms with van der Waals surface area (Å²) < 4.78 is 2.16. The van der Waals surface area contributed by atoms with Gasteiger partial charge in [0, 0.05) is 26.2 Å². The second-order valence-electron chi connectivity index (χ2n) is 7.54. The fraction of sp³-hybridized carbons (Fsp3) is 0.941. The average Bonchev–Trinajstić information content (AvgIpc) is 3.23. The maximum atomic E-state index is 4.48. The van der Waals surface area contributed by atoms with Crippen molar-refractivity contribution in [2.24, 2.45) is 5.92 Å². The molecular formula is C17H33ClN6.